The Kier molecular flexibility index (Phi) is 5.74. The number of imidazole rings is 1. The number of fused-ring (bicyclic) bond motifs is 1. The summed E-state index contributed by atoms with van der Waals surface area (Å²) in [6.45, 7) is 4.23. The molecule has 25 heavy (non-hydrogen) atoms. The highest BCUT2D eigenvalue weighted by Crippen LogP contribution is 2.38. The maximum absolute atomic E-state index is 12.3. The van der Waals surface area contributed by atoms with E-state index in [9.17, 15) is 4.79 Å². The first kappa shape index (κ1) is 17.9. The van der Waals surface area contributed by atoms with Crippen molar-refractivity contribution in [3.63, 3.8) is 0 Å². The molecule has 0 radical (unpaired) electrons. The minimum atomic E-state index is 0.0411. The molecule has 136 valence electrons. The van der Waals surface area contributed by atoms with E-state index in [2.05, 4.69) is 20.9 Å². The molecule has 1 fully saturated rings. The highest BCUT2D eigenvalue weighted by atomic mass is 16.1. The smallest absolute Gasteiger partial charge is 0.220 e. The Bertz CT molecular complexity index is 716. The third-order valence-electron chi connectivity index (χ3n) is 5.61. The van der Waals surface area contributed by atoms with Crippen LogP contribution in [0, 0.1) is 12.3 Å². The van der Waals surface area contributed by atoms with Gasteiger partial charge in [0.25, 0.3) is 0 Å². The van der Waals surface area contributed by atoms with Crippen LogP contribution in [0.25, 0.3) is 11.0 Å². The summed E-state index contributed by atoms with van der Waals surface area (Å²) in [4.78, 5) is 16.9. The summed E-state index contributed by atoms with van der Waals surface area (Å²) in [5.74, 6) is 1.18. The summed E-state index contributed by atoms with van der Waals surface area (Å²) < 4.78 is 2.23. The molecule has 1 aromatic carbocycles. The molecule has 5 heteroatoms. The summed E-state index contributed by atoms with van der Waals surface area (Å²) in [6, 6.07) is 8.19. The Morgan fingerprint density at radius 3 is 2.80 bits per heavy atom. The van der Waals surface area contributed by atoms with E-state index in [1.807, 2.05) is 25.1 Å². The van der Waals surface area contributed by atoms with Gasteiger partial charge in [0, 0.05) is 19.5 Å². The van der Waals surface area contributed by atoms with Gasteiger partial charge in [-0.1, -0.05) is 31.4 Å². The Balaban J connectivity index is 1.48. The highest BCUT2D eigenvalue weighted by molar-refractivity contribution is 5.77. The van der Waals surface area contributed by atoms with Crippen LogP contribution in [0.2, 0.25) is 0 Å². The van der Waals surface area contributed by atoms with Crippen molar-refractivity contribution >= 4 is 16.9 Å². The van der Waals surface area contributed by atoms with E-state index in [0.717, 1.165) is 42.7 Å². The third-order valence-corrected chi connectivity index (χ3v) is 5.61. The van der Waals surface area contributed by atoms with Crippen LogP contribution >= 0.6 is 0 Å². The first-order valence-corrected chi connectivity index (χ1v) is 9.52. The molecular weight excluding hydrogens is 312 g/mol. The van der Waals surface area contributed by atoms with Gasteiger partial charge in [0.2, 0.25) is 5.91 Å². The maximum atomic E-state index is 12.3. The second kappa shape index (κ2) is 8.00. The normalized spacial score (nSPS) is 16.9. The van der Waals surface area contributed by atoms with Crippen molar-refractivity contribution in [3.8, 4) is 0 Å². The highest BCUT2D eigenvalue weighted by Gasteiger charge is 2.32. The van der Waals surface area contributed by atoms with Crippen molar-refractivity contribution in [1.82, 2.24) is 14.9 Å². The Hall–Kier alpha value is -1.88. The van der Waals surface area contributed by atoms with E-state index in [1.54, 1.807) is 0 Å². The van der Waals surface area contributed by atoms with Gasteiger partial charge >= 0.3 is 0 Å². The molecule has 0 bridgehead atoms. The van der Waals surface area contributed by atoms with Gasteiger partial charge in [-0.25, -0.2) is 4.98 Å². The minimum absolute atomic E-state index is 0.0411. The number of benzene rings is 1. The first-order chi connectivity index (χ1) is 12.1. The predicted octanol–water partition coefficient (Wildman–Crippen LogP) is 3.15. The quantitative estimate of drug-likeness (QED) is 0.759. The molecule has 2 aromatic rings. The number of aryl methyl sites for hydroxylation is 2. The minimum Gasteiger partial charge on any atom is -0.356 e. The molecule has 0 unspecified atom stereocenters. The molecular formula is C20H30N4O. The van der Waals surface area contributed by atoms with Crippen LogP contribution in [0.15, 0.2) is 24.3 Å². The summed E-state index contributed by atoms with van der Waals surface area (Å²) in [5, 5.41) is 3.09. The molecule has 1 aliphatic rings. The average molecular weight is 342 g/mol. The molecule has 3 rings (SSSR count). The number of hydrogen-bond donors (Lipinski definition) is 2. The number of amides is 1. The molecule has 1 saturated carbocycles. The van der Waals surface area contributed by atoms with Gasteiger partial charge in [-0.15, -0.1) is 0 Å². The monoisotopic (exact) mass is 342 g/mol. The van der Waals surface area contributed by atoms with E-state index in [4.69, 9.17) is 5.73 Å². The lowest BCUT2D eigenvalue weighted by Gasteiger charge is -2.35. The van der Waals surface area contributed by atoms with Crippen LogP contribution in [0.4, 0.5) is 0 Å². The van der Waals surface area contributed by atoms with E-state index in [0.29, 0.717) is 19.5 Å². The second-order valence-electron chi connectivity index (χ2n) is 7.44. The summed E-state index contributed by atoms with van der Waals surface area (Å²) in [7, 11) is 0. The fourth-order valence-electron chi connectivity index (χ4n) is 4.10. The number of rotatable bonds is 7. The second-order valence-corrected chi connectivity index (χ2v) is 7.44. The topological polar surface area (TPSA) is 72.9 Å². The van der Waals surface area contributed by atoms with Crippen molar-refractivity contribution < 1.29 is 4.79 Å². The number of aromatic nitrogens is 2. The average Bonchev–Trinajstić information content (AvgIpc) is 2.95. The number of carbonyl (C=O) groups excluding carboxylic acids is 1. The number of nitrogens with one attached hydrogen (secondary N) is 1. The lowest BCUT2D eigenvalue weighted by atomic mass is 9.71. The summed E-state index contributed by atoms with van der Waals surface area (Å²) >= 11 is 0. The van der Waals surface area contributed by atoms with Gasteiger partial charge in [0.05, 0.1) is 11.0 Å². The van der Waals surface area contributed by atoms with Crippen molar-refractivity contribution in [1.29, 1.82) is 0 Å². The van der Waals surface area contributed by atoms with Gasteiger partial charge < -0.3 is 15.6 Å². The summed E-state index contributed by atoms with van der Waals surface area (Å²) in [6.07, 6.45) is 7.36. The van der Waals surface area contributed by atoms with Crippen molar-refractivity contribution in [2.24, 2.45) is 11.1 Å². The SMILES string of the molecule is Cc1nc2ccccc2n1CCCNC(=O)CC1(CN)CCCCC1. The first-order valence-electron chi connectivity index (χ1n) is 9.52. The predicted molar refractivity (Wildman–Crippen MR) is 101 cm³/mol. The Morgan fingerprint density at radius 2 is 2.04 bits per heavy atom. The molecule has 5 nitrogen and oxygen atoms in total. The van der Waals surface area contributed by atoms with Crippen molar-refractivity contribution in [2.45, 2.75) is 58.4 Å². The molecule has 1 amide bonds. The van der Waals surface area contributed by atoms with Crippen molar-refractivity contribution in [2.75, 3.05) is 13.1 Å². The van der Waals surface area contributed by atoms with Crippen LogP contribution in [-0.2, 0) is 11.3 Å². The van der Waals surface area contributed by atoms with Gasteiger partial charge in [-0.3, -0.25) is 4.79 Å². The standard InChI is InChI=1S/C20H30N4O/c1-16-23-17-8-3-4-9-18(17)24(16)13-7-12-22-19(25)14-20(15-21)10-5-2-6-11-20/h3-4,8-9H,2,5-7,10-15,21H2,1H3,(H,22,25). The lowest BCUT2D eigenvalue weighted by molar-refractivity contribution is -0.123. The van der Waals surface area contributed by atoms with Crippen LogP contribution < -0.4 is 11.1 Å². The van der Waals surface area contributed by atoms with Crippen LogP contribution in [-0.4, -0.2) is 28.5 Å². The van der Waals surface area contributed by atoms with E-state index in [1.165, 1.54) is 19.3 Å². The van der Waals surface area contributed by atoms with Gasteiger partial charge in [0.1, 0.15) is 5.82 Å². The maximum Gasteiger partial charge on any atom is 0.220 e. The molecule has 1 aliphatic carbocycles. The zero-order valence-corrected chi connectivity index (χ0v) is 15.3. The fraction of sp³-hybridized carbons (Fsp3) is 0.600. The van der Waals surface area contributed by atoms with E-state index >= 15 is 0 Å². The Labute approximate surface area is 150 Å². The molecule has 1 heterocycles. The number of hydrogen-bond acceptors (Lipinski definition) is 3. The van der Waals surface area contributed by atoms with E-state index < -0.39 is 0 Å². The molecule has 0 aliphatic heterocycles. The Morgan fingerprint density at radius 1 is 1.28 bits per heavy atom. The fourth-order valence-corrected chi connectivity index (χ4v) is 4.10. The van der Waals surface area contributed by atoms with Crippen LogP contribution in [0.3, 0.4) is 0 Å². The van der Waals surface area contributed by atoms with Gasteiger partial charge in [-0.05, 0) is 50.3 Å². The molecule has 0 spiro atoms. The lowest BCUT2D eigenvalue weighted by Crippen LogP contribution is -2.39. The zero-order valence-electron chi connectivity index (χ0n) is 15.3. The molecule has 0 saturated heterocycles. The largest absolute Gasteiger partial charge is 0.356 e. The number of nitrogens with two attached hydrogens (primary N) is 1. The molecule has 1 aromatic heterocycles. The van der Waals surface area contributed by atoms with Crippen molar-refractivity contribution in [3.05, 3.63) is 30.1 Å². The number of nitrogens with zero attached hydrogens (tertiary/aromatic N) is 2. The number of carbonyl (C=O) groups is 1. The molecule has 3 N–H and O–H groups in total. The van der Waals surface area contributed by atoms with Crippen LogP contribution in [0.5, 0.6) is 0 Å². The van der Waals surface area contributed by atoms with Gasteiger partial charge in [0.15, 0.2) is 0 Å². The summed E-state index contributed by atoms with van der Waals surface area (Å²) in [5.41, 5.74) is 8.22. The zero-order chi connectivity index (χ0) is 17.7. The number of para-hydroxylation sites is 2. The van der Waals surface area contributed by atoms with Gasteiger partial charge in [-0.2, -0.15) is 0 Å². The third kappa shape index (κ3) is 4.21. The van der Waals surface area contributed by atoms with E-state index in [-0.39, 0.29) is 11.3 Å². The molecule has 0 atom stereocenters. The van der Waals surface area contributed by atoms with Crippen LogP contribution in [0.1, 0.15) is 50.8 Å².